The van der Waals surface area contributed by atoms with Gasteiger partial charge in [-0.05, 0) is 5.56 Å². The van der Waals surface area contributed by atoms with E-state index in [1.165, 1.54) is 14.1 Å². The predicted molar refractivity (Wildman–Crippen MR) is 76.6 cm³/mol. The van der Waals surface area contributed by atoms with Gasteiger partial charge < -0.3 is 11.1 Å². The number of benzene rings is 1. The van der Waals surface area contributed by atoms with Crippen LogP contribution in [-0.4, -0.2) is 20.9 Å². The maximum atomic E-state index is 11.9. The van der Waals surface area contributed by atoms with Crippen molar-refractivity contribution in [2.75, 3.05) is 11.9 Å². The van der Waals surface area contributed by atoms with Crippen molar-refractivity contribution < 1.29 is 0 Å². The molecule has 0 aliphatic carbocycles. The summed E-state index contributed by atoms with van der Waals surface area (Å²) in [6.45, 7) is 0.352. The molecule has 1 unspecified atom stereocenters. The van der Waals surface area contributed by atoms with Crippen molar-refractivity contribution in [1.82, 2.24) is 14.3 Å². The Labute approximate surface area is 115 Å². The van der Waals surface area contributed by atoms with Crippen LogP contribution in [0, 0.1) is 0 Å². The van der Waals surface area contributed by atoms with Crippen molar-refractivity contribution >= 4 is 5.82 Å². The highest BCUT2D eigenvalue weighted by Crippen LogP contribution is 2.09. The van der Waals surface area contributed by atoms with Crippen LogP contribution in [0.3, 0.4) is 0 Å². The molecule has 2 aromatic rings. The molecule has 0 aliphatic rings. The Kier molecular flexibility index (Phi) is 3.99. The van der Waals surface area contributed by atoms with Crippen LogP contribution in [0.25, 0.3) is 0 Å². The SMILES string of the molecule is Cn1nc(NCC(N)c2ccccc2)c(=O)n(C)c1=O. The number of anilines is 1. The van der Waals surface area contributed by atoms with E-state index < -0.39 is 11.2 Å². The average Bonchev–Trinajstić information content (AvgIpc) is 2.48. The fourth-order valence-electron chi connectivity index (χ4n) is 1.83. The van der Waals surface area contributed by atoms with Crippen LogP contribution in [0.2, 0.25) is 0 Å². The molecule has 1 heterocycles. The van der Waals surface area contributed by atoms with Gasteiger partial charge in [-0.15, -0.1) is 5.10 Å². The Hall–Kier alpha value is -2.41. The second-order valence-corrected chi connectivity index (χ2v) is 4.52. The van der Waals surface area contributed by atoms with Crippen molar-refractivity contribution in [3.63, 3.8) is 0 Å². The Morgan fingerprint density at radius 1 is 1.25 bits per heavy atom. The second-order valence-electron chi connectivity index (χ2n) is 4.52. The molecule has 7 nitrogen and oxygen atoms in total. The van der Waals surface area contributed by atoms with Gasteiger partial charge in [0, 0.05) is 26.7 Å². The highest BCUT2D eigenvalue weighted by atomic mass is 16.2. The fraction of sp³-hybridized carbons (Fsp3) is 0.308. The van der Waals surface area contributed by atoms with Crippen LogP contribution in [0.4, 0.5) is 5.82 Å². The van der Waals surface area contributed by atoms with Gasteiger partial charge in [0.05, 0.1) is 0 Å². The number of nitrogens with zero attached hydrogens (tertiary/aromatic N) is 3. The predicted octanol–water partition coefficient (Wildman–Crippen LogP) is -0.409. The molecule has 1 aromatic carbocycles. The first-order chi connectivity index (χ1) is 9.50. The van der Waals surface area contributed by atoms with E-state index in [1.54, 1.807) is 0 Å². The third kappa shape index (κ3) is 2.77. The van der Waals surface area contributed by atoms with Crippen LogP contribution in [0.15, 0.2) is 39.9 Å². The summed E-state index contributed by atoms with van der Waals surface area (Å²) in [5, 5.41) is 6.79. The summed E-state index contributed by atoms with van der Waals surface area (Å²) >= 11 is 0. The first-order valence-electron chi connectivity index (χ1n) is 6.19. The second kappa shape index (κ2) is 5.70. The van der Waals surface area contributed by atoms with Crippen LogP contribution in [0.5, 0.6) is 0 Å². The van der Waals surface area contributed by atoms with E-state index in [9.17, 15) is 9.59 Å². The van der Waals surface area contributed by atoms with Crippen molar-refractivity contribution in [1.29, 1.82) is 0 Å². The molecule has 0 spiro atoms. The van der Waals surface area contributed by atoms with Crippen LogP contribution in [-0.2, 0) is 14.1 Å². The zero-order chi connectivity index (χ0) is 14.7. The Bertz CT molecular complexity index is 705. The number of nitrogens with one attached hydrogen (secondary N) is 1. The van der Waals surface area contributed by atoms with E-state index in [-0.39, 0.29) is 11.9 Å². The quantitative estimate of drug-likeness (QED) is 0.791. The van der Waals surface area contributed by atoms with E-state index in [4.69, 9.17) is 5.73 Å². The lowest BCUT2D eigenvalue weighted by atomic mass is 10.1. The molecule has 0 amide bonds. The Morgan fingerprint density at radius 2 is 1.90 bits per heavy atom. The molecule has 20 heavy (non-hydrogen) atoms. The third-order valence-corrected chi connectivity index (χ3v) is 3.04. The molecule has 7 heteroatoms. The third-order valence-electron chi connectivity index (χ3n) is 3.04. The lowest BCUT2D eigenvalue weighted by Gasteiger charge is -2.13. The maximum absolute atomic E-state index is 11.9. The standard InChI is InChI=1S/C13H17N5O2/c1-17-12(19)11(16-18(2)13(17)20)15-8-10(14)9-6-4-3-5-7-9/h3-7,10H,8,14H2,1-2H3,(H,15,16). The van der Waals surface area contributed by atoms with Crippen molar-refractivity contribution in [3.8, 4) is 0 Å². The van der Waals surface area contributed by atoms with Crippen molar-refractivity contribution in [2.24, 2.45) is 19.8 Å². The van der Waals surface area contributed by atoms with E-state index in [2.05, 4.69) is 10.4 Å². The highest BCUT2D eigenvalue weighted by molar-refractivity contribution is 5.31. The van der Waals surface area contributed by atoms with E-state index >= 15 is 0 Å². The van der Waals surface area contributed by atoms with Crippen LogP contribution in [0.1, 0.15) is 11.6 Å². The fourth-order valence-corrected chi connectivity index (χ4v) is 1.83. The first kappa shape index (κ1) is 14.0. The molecular formula is C13H17N5O2. The molecule has 0 bridgehead atoms. The topological polar surface area (TPSA) is 94.9 Å². The molecule has 1 atom stereocenters. The van der Waals surface area contributed by atoms with Crippen LogP contribution >= 0.6 is 0 Å². The van der Waals surface area contributed by atoms with E-state index in [0.717, 1.165) is 14.8 Å². The lowest BCUT2D eigenvalue weighted by molar-refractivity contribution is 0.602. The molecule has 1 aromatic heterocycles. The molecule has 2 rings (SSSR count). The summed E-state index contributed by atoms with van der Waals surface area (Å²) in [4.78, 5) is 23.4. The maximum Gasteiger partial charge on any atom is 0.346 e. The number of aryl methyl sites for hydroxylation is 1. The van der Waals surface area contributed by atoms with Gasteiger partial charge in [-0.1, -0.05) is 30.3 Å². The summed E-state index contributed by atoms with van der Waals surface area (Å²) in [6, 6.07) is 9.28. The molecule has 0 radical (unpaired) electrons. The molecule has 106 valence electrons. The lowest BCUT2D eigenvalue weighted by Crippen LogP contribution is -2.40. The Balaban J connectivity index is 2.16. The van der Waals surface area contributed by atoms with Gasteiger partial charge in [-0.25, -0.2) is 9.48 Å². The van der Waals surface area contributed by atoms with Gasteiger partial charge >= 0.3 is 5.69 Å². The summed E-state index contributed by atoms with van der Waals surface area (Å²) in [6.07, 6.45) is 0. The normalized spacial score (nSPS) is 12.2. The number of hydrogen-bond donors (Lipinski definition) is 2. The molecule has 0 saturated carbocycles. The van der Waals surface area contributed by atoms with Gasteiger partial charge in [0.1, 0.15) is 0 Å². The van der Waals surface area contributed by atoms with Gasteiger partial charge in [-0.3, -0.25) is 9.36 Å². The minimum atomic E-state index is -0.465. The average molecular weight is 275 g/mol. The van der Waals surface area contributed by atoms with Gasteiger partial charge in [0.25, 0.3) is 5.56 Å². The Morgan fingerprint density at radius 3 is 2.55 bits per heavy atom. The van der Waals surface area contributed by atoms with Gasteiger partial charge in [0.2, 0.25) is 5.82 Å². The number of aromatic nitrogens is 3. The monoisotopic (exact) mass is 275 g/mol. The largest absolute Gasteiger partial charge is 0.362 e. The summed E-state index contributed by atoms with van der Waals surface area (Å²) in [5.74, 6) is 0.112. The van der Waals surface area contributed by atoms with Crippen molar-refractivity contribution in [3.05, 3.63) is 56.7 Å². The summed E-state index contributed by atoms with van der Waals surface area (Å²) in [5.41, 5.74) is 6.06. The van der Waals surface area contributed by atoms with Gasteiger partial charge in [-0.2, -0.15) is 0 Å². The molecule has 0 saturated heterocycles. The van der Waals surface area contributed by atoms with Crippen molar-refractivity contribution in [2.45, 2.75) is 6.04 Å². The minimum Gasteiger partial charge on any atom is -0.362 e. The van der Waals surface area contributed by atoms with Gasteiger partial charge in [0.15, 0.2) is 0 Å². The zero-order valence-electron chi connectivity index (χ0n) is 11.4. The summed E-state index contributed by atoms with van der Waals surface area (Å²) in [7, 11) is 2.90. The zero-order valence-corrected chi connectivity index (χ0v) is 11.4. The van der Waals surface area contributed by atoms with E-state index in [1.807, 2.05) is 30.3 Å². The molecule has 0 fully saturated rings. The van der Waals surface area contributed by atoms with Crippen LogP contribution < -0.4 is 22.3 Å². The smallest absolute Gasteiger partial charge is 0.346 e. The minimum absolute atomic E-state index is 0.112. The highest BCUT2D eigenvalue weighted by Gasteiger charge is 2.10. The summed E-state index contributed by atoms with van der Waals surface area (Å²) < 4.78 is 2.11. The van der Waals surface area contributed by atoms with E-state index in [0.29, 0.717) is 6.54 Å². The molecule has 0 aliphatic heterocycles. The molecular weight excluding hydrogens is 258 g/mol. The number of rotatable bonds is 4. The molecule has 3 N–H and O–H groups in total. The number of nitrogens with two attached hydrogens (primary N) is 1. The number of hydrogen-bond acceptors (Lipinski definition) is 5. The first-order valence-corrected chi connectivity index (χ1v) is 6.19.